The van der Waals surface area contributed by atoms with Crippen molar-refractivity contribution < 1.29 is 9.47 Å². The molecule has 17 heavy (non-hydrogen) atoms. The van der Waals surface area contributed by atoms with E-state index in [-0.39, 0.29) is 6.04 Å². The van der Waals surface area contributed by atoms with Crippen molar-refractivity contribution in [2.45, 2.75) is 25.8 Å². The van der Waals surface area contributed by atoms with Gasteiger partial charge in [-0.3, -0.25) is 16.3 Å². The van der Waals surface area contributed by atoms with Crippen molar-refractivity contribution in [1.29, 1.82) is 0 Å². The molecule has 1 aromatic rings. The number of hydrazine groups is 1. The highest BCUT2D eigenvalue weighted by Crippen LogP contribution is 2.20. The Balaban J connectivity index is 2.63. The van der Waals surface area contributed by atoms with Crippen molar-refractivity contribution in [3.8, 4) is 5.75 Å². The molecule has 96 valence electrons. The number of hydrogen-bond acceptors (Lipinski definition) is 5. The Morgan fingerprint density at radius 2 is 2.29 bits per heavy atom. The third-order valence-corrected chi connectivity index (χ3v) is 2.49. The van der Waals surface area contributed by atoms with Crippen LogP contribution in [0.4, 0.5) is 0 Å². The van der Waals surface area contributed by atoms with Crippen LogP contribution < -0.4 is 16.0 Å². The van der Waals surface area contributed by atoms with Gasteiger partial charge in [0.25, 0.3) is 0 Å². The summed E-state index contributed by atoms with van der Waals surface area (Å²) in [5.74, 6) is 6.33. The van der Waals surface area contributed by atoms with Gasteiger partial charge in [-0.2, -0.15) is 0 Å². The largest absolute Gasteiger partial charge is 0.492 e. The maximum Gasteiger partial charge on any atom is 0.137 e. The Labute approximate surface area is 102 Å². The second-order valence-corrected chi connectivity index (χ2v) is 3.74. The summed E-state index contributed by atoms with van der Waals surface area (Å²) < 4.78 is 10.4. The number of ether oxygens (including phenoxy) is 2. The molecule has 1 aromatic heterocycles. The molecule has 0 saturated heterocycles. The third-order valence-electron chi connectivity index (χ3n) is 2.49. The maximum atomic E-state index is 5.55. The lowest BCUT2D eigenvalue weighted by atomic mass is 10.0. The van der Waals surface area contributed by atoms with E-state index in [4.69, 9.17) is 15.3 Å². The highest BCUT2D eigenvalue weighted by atomic mass is 16.5. The molecule has 5 heteroatoms. The lowest BCUT2D eigenvalue weighted by Crippen LogP contribution is -2.28. The number of hydrogen-bond donors (Lipinski definition) is 2. The molecule has 1 unspecified atom stereocenters. The maximum absolute atomic E-state index is 5.55. The van der Waals surface area contributed by atoms with E-state index >= 15 is 0 Å². The summed E-state index contributed by atoms with van der Waals surface area (Å²) >= 11 is 0. The van der Waals surface area contributed by atoms with Crippen LogP contribution >= 0.6 is 0 Å². The monoisotopic (exact) mass is 239 g/mol. The Bertz CT molecular complexity index is 320. The van der Waals surface area contributed by atoms with E-state index in [0.717, 1.165) is 30.8 Å². The molecular formula is C12H21N3O2. The van der Waals surface area contributed by atoms with Crippen molar-refractivity contribution in [1.82, 2.24) is 10.4 Å². The zero-order valence-electron chi connectivity index (χ0n) is 10.5. The molecule has 0 saturated carbocycles. The quantitative estimate of drug-likeness (QED) is 0.408. The topological polar surface area (TPSA) is 69.4 Å². The molecule has 0 aliphatic heterocycles. The normalized spacial score (nSPS) is 12.4. The van der Waals surface area contributed by atoms with Gasteiger partial charge in [-0.1, -0.05) is 0 Å². The van der Waals surface area contributed by atoms with E-state index in [9.17, 15) is 0 Å². The number of aromatic nitrogens is 1. The van der Waals surface area contributed by atoms with Crippen LogP contribution in [0.1, 0.15) is 31.4 Å². The molecule has 0 fully saturated rings. The number of nitrogens with two attached hydrogens (primary N) is 1. The van der Waals surface area contributed by atoms with E-state index < -0.39 is 0 Å². The molecule has 0 spiro atoms. The number of methoxy groups -OCH3 is 1. The van der Waals surface area contributed by atoms with Gasteiger partial charge in [-0.05, 0) is 31.4 Å². The van der Waals surface area contributed by atoms with E-state index in [0.29, 0.717) is 6.61 Å². The highest BCUT2D eigenvalue weighted by Gasteiger charge is 2.10. The molecule has 1 rings (SSSR count). The van der Waals surface area contributed by atoms with Crippen LogP contribution in [0.2, 0.25) is 0 Å². The zero-order chi connectivity index (χ0) is 12.5. The first kappa shape index (κ1) is 13.9. The summed E-state index contributed by atoms with van der Waals surface area (Å²) in [4.78, 5) is 4.15. The molecule has 0 aliphatic rings. The summed E-state index contributed by atoms with van der Waals surface area (Å²) in [6.07, 6.45) is 5.36. The van der Waals surface area contributed by atoms with Crippen LogP contribution in [0.25, 0.3) is 0 Å². The lowest BCUT2D eigenvalue weighted by Gasteiger charge is -2.16. The smallest absolute Gasteiger partial charge is 0.137 e. The van der Waals surface area contributed by atoms with E-state index in [1.807, 2.05) is 13.0 Å². The van der Waals surface area contributed by atoms with Gasteiger partial charge in [0.15, 0.2) is 0 Å². The summed E-state index contributed by atoms with van der Waals surface area (Å²) in [5, 5.41) is 0. The predicted molar refractivity (Wildman–Crippen MR) is 66.6 cm³/mol. The molecule has 5 nitrogen and oxygen atoms in total. The zero-order valence-corrected chi connectivity index (χ0v) is 10.5. The first-order valence-corrected chi connectivity index (χ1v) is 5.84. The Morgan fingerprint density at radius 3 is 2.94 bits per heavy atom. The number of rotatable bonds is 8. The highest BCUT2D eigenvalue weighted by molar-refractivity contribution is 5.25. The number of nitrogens with zero attached hydrogens (tertiary/aromatic N) is 1. The van der Waals surface area contributed by atoms with Crippen LogP contribution in [0, 0.1) is 0 Å². The standard InChI is InChI=1S/C12H21N3O2/c1-3-17-11-7-10(8-14-9-11)12(15-13)5-4-6-16-2/h7-9,12,15H,3-6,13H2,1-2H3. The fourth-order valence-corrected chi connectivity index (χ4v) is 1.65. The van der Waals surface area contributed by atoms with Gasteiger partial charge in [0, 0.05) is 26.0 Å². The summed E-state index contributed by atoms with van der Waals surface area (Å²) in [5.41, 5.74) is 3.83. The van der Waals surface area contributed by atoms with E-state index in [1.54, 1.807) is 19.5 Å². The van der Waals surface area contributed by atoms with Gasteiger partial charge < -0.3 is 9.47 Å². The second-order valence-electron chi connectivity index (χ2n) is 3.74. The number of nitrogens with one attached hydrogen (secondary N) is 1. The molecule has 0 amide bonds. The minimum absolute atomic E-state index is 0.0815. The molecule has 1 heterocycles. The average molecular weight is 239 g/mol. The van der Waals surface area contributed by atoms with Gasteiger partial charge in [0.2, 0.25) is 0 Å². The van der Waals surface area contributed by atoms with Crippen LogP contribution in [-0.4, -0.2) is 25.3 Å². The average Bonchev–Trinajstić information content (AvgIpc) is 2.35. The van der Waals surface area contributed by atoms with Crippen LogP contribution in [-0.2, 0) is 4.74 Å². The molecule has 0 radical (unpaired) electrons. The predicted octanol–water partition coefficient (Wildman–Crippen LogP) is 1.41. The summed E-state index contributed by atoms with van der Waals surface area (Å²) in [7, 11) is 1.70. The fraction of sp³-hybridized carbons (Fsp3) is 0.583. The van der Waals surface area contributed by atoms with Crippen LogP contribution in [0.15, 0.2) is 18.5 Å². The lowest BCUT2D eigenvalue weighted by molar-refractivity contribution is 0.188. The first-order chi connectivity index (χ1) is 8.31. The summed E-state index contributed by atoms with van der Waals surface area (Å²) in [6, 6.07) is 2.05. The Kier molecular flexibility index (Phi) is 6.54. The first-order valence-electron chi connectivity index (χ1n) is 5.84. The van der Waals surface area contributed by atoms with E-state index in [2.05, 4.69) is 10.4 Å². The number of pyridine rings is 1. The molecule has 0 aromatic carbocycles. The minimum atomic E-state index is 0.0815. The van der Waals surface area contributed by atoms with Gasteiger partial charge >= 0.3 is 0 Å². The SMILES string of the molecule is CCOc1cncc(C(CCCOC)NN)c1. The Hall–Kier alpha value is -1.17. The van der Waals surface area contributed by atoms with Crippen LogP contribution in [0.5, 0.6) is 5.75 Å². The molecule has 3 N–H and O–H groups in total. The van der Waals surface area contributed by atoms with Crippen molar-refractivity contribution in [2.24, 2.45) is 5.84 Å². The summed E-state index contributed by atoms with van der Waals surface area (Å²) in [6.45, 7) is 3.32. The van der Waals surface area contributed by atoms with Crippen molar-refractivity contribution in [3.63, 3.8) is 0 Å². The van der Waals surface area contributed by atoms with Gasteiger partial charge in [0.05, 0.1) is 12.8 Å². The second kappa shape index (κ2) is 8.00. The Morgan fingerprint density at radius 1 is 1.47 bits per heavy atom. The van der Waals surface area contributed by atoms with Gasteiger partial charge in [-0.15, -0.1) is 0 Å². The molecule has 0 aliphatic carbocycles. The van der Waals surface area contributed by atoms with Crippen LogP contribution in [0.3, 0.4) is 0 Å². The third kappa shape index (κ3) is 4.68. The van der Waals surface area contributed by atoms with Gasteiger partial charge in [0.1, 0.15) is 5.75 Å². The van der Waals surface area contributed by atoms with Crippen molar-refractivity contribution in [2.75, 3.05) is 20.3 Å². The van der Waals surface area contributed by atoms with Crippen molar-refractivity contribution >= 4 is 0 Å². The molecule has 0 bridgehead atoms. The van der Waals surface area contributed by atoms with E-state index in [1.165, 1.54) is 0 Å². The minimum Gasteiger partial charge on any atom is -0.492 e. The van der Waals surface area contributed by atoms with Crippen molar-refractivity contribution in [3.05, 3.63) is 24.0 Å². The van der Waals surface area contributed by atoms with Gasteiger partial charge in [-0.25, -0.2) is 0 Å². The fourth-order valence-electron chi connectivity index (χ4n) is 1.65. The molecular weight excluding hydrogens is 218 g/mol. The molecule has 1 atom stereocenters.